The molecule has 2 N–H and O–H groups in total. The van der Waals surface area contributed by atoms with Crippen molar-refractivity contribution in [1.29, 1.82) is 0 Å². The van der Waals surface area contributed by atoms with E-state index in [1.165, 1.54) is 11.1 Å². The molecule has 2 aliphatic rings. The molecule has 0 unspecified atom stereocenters. The van der Waals surface area contributed by atoms with Crippen molar-refractivity contribution in [1.82, 2.24) is 19.8 Å². The topological polar surface area (TPSA) is 78.6 Å². The van der Waals surface area contributed by atoms with Gasteiger partial charge in [0.2, 0.25) is 11.9 Å². The number of anilines is 2. The van der Waals surface area contributed by atoms with Gasteiger partial charge in [-0.2, -0.15) is 4.98 Å². The van der Waals surface area contributed by atoms with Crippen molar-refractivity contribution in [2.45, 2.75) is 33.2 Å². The van der Waals surface area contributed by atoms with E-state index in [-0.39, 0.29) is 5.91 Å². The zero-order valence-electron chi connectivity index (χ0n) is 18.3. The van der Waals surface area contributed by atoms with Crippen LogP contribution in [-0.2, 0) is 17.8 Å². The third-order valence-corrected chi connectivity index (χ3v) is 6.01. The molecule has 1 amide bonds. The van der Waals surface area contributed by atoms with Gasteiger partial charge in [-0.15, -0.1) is 0 Å². The lowest BCUT2D eigenvalue weighted by Gasteiger charge is -2.33. The van der Waals surface area contributed by atoms with Gasteiger partial charge in [-0.05, 0) is 36.6 Å². The molecule has 1 saturated heterocycles. The first-order chi connectivity index (χ1) is 14.4. The summed E-state index contributed by atoms with van der Waals surface area (Å²) in [7, 11) is 2.14. The molecule has 3 heterocycles. The van der Waals surface area contributed by atoms with Gasteiger partial charge < -0.3 is 20.4 Å². The Bertz CT molecular complexity index is 920. The lowest BCUT2D eigenvalue weighted by molar-refractivity contribution is -0.132. The third kappa shape index (κ3) is 4.56. The summed E-state index contributed by atoms with van der Waals surface area (Å²) in [6, 6.07) is 8.48. The summed E-state index contributed by atoms with van der Waals surface area (Å²) >= 11 is 0. The summed E-state index contributed by atoms with van der Waals surface area (Å²) in [5, 5.41) is 0. The van der Waals surface area contributed by atoms with Gasteiger partial charge in [-0.3, -0.25) is 4.79 Å². The van der Waals surface area contributed by atoms with Crippen molar-refractivity contribution < 1.29 is 4.79 Å². The number of piperazine rings is 1. The van der Waals surface area contributed by atoms with Gasteiger partial charge in [0.15, 0.2) is 0 Å². The van der Waals surface area contributed by atoms with Crippen LogP contribution in [0.3, 0.4) is 0 Å². The Morgan fingerprint density at radius 2 is 1.83 bits per heavy atom. The molecule has 1 fully saturated rings. The minimum atomic E-state index is 0.240. The maximum absolute atomic E-state index is 12.5. The summed E-state index contributed by atoms with van der Waals surface area (Å²) < 4.78 is 0. The first-order valence-electron chi connectivity index (χ1n) is 10.9. The highest BCUT2D eigenvalue weighted by Crippen LogP contribution is 2.28. The minimum Gasteiger partial charge on any atom is -0.368 e. The van der Waals surface area contributed by atoms with Crippen molar-refractivity contribution in [2.24, 2.45) is 5.92 Å². The number of likely N-dealkylation sites (N-methyl/N-ethyl adjacent to an activating group) is 1. The number of fused-ring (bicyclic) bond motifs is 1. The molecule has 30 heavy (non-hydrogen) atoms. The molecule has 0 atom stereocenters. The number of aromatic nitrogens is 2. The maximum Gasteiger partial charge on any atom is 0.223 e. The van der Waals surface area contributed by atoms with Crippen molar-refractivity contribution >= 4 is 17.7 Å². The molecule has 160 valence electrons. The highest BCUT2D eigenvalue weighted by molar-refractivity contribution is 5.77. The van der Waals surface area contributed by atoms with E-state index in [4.69, 9.17) is 5.73 Å². The molecule has 7 nitrogen and oxygen atoms in total. The van der Waals surface area contributed by atoms with Crippen molar-refractivity contribution in [3.8, 4) is 11.3 Å². The van der Waals surface area contributed by atoms with E-state index in [1.807, 2.05) is 11.0 Å². The van der Waals surface area contributed by atoms with Crippen molar-refractivity contribution in [3.05, 3.63) is 35.4 Å². The van der Waals surface area contributed by atoms with Crippen LogP contribution in [0.1, 0.15) is 31.4 Å². The normalized spacial score (nSPS) is 17.3. The minimum absolute atomic E-state index is 0.240. The smallest absolute Gasteiger partial charge is 0.223 e. The van der Waals surface area contributed by atoms with E-state index in [0.29, 0.717) is 24.8 Å². The Balaban J connectivity index is 1.57. The molecule has 2 aliphatic heterocycles. The van der Waals surface area contributed by atoms with Crippen LogP contribution in [-0.4, -0.2) is 65.4 Å². The molecule has 0 spiro atoms. The number of nitrogen functional groups attached to an aromatic ring is 1. The second-order valence-electron chi connectivity index (χ2n) is 8.91. The van der Waals surface area contributed by atoms with E-state index in [2.05, 4.69) is 58.9 Å². The molecule has 1 aromatic heterocycles. The fraction of sp³-hybridized carbons (Fsp3) is 0.522. The number of rotatable bonds is 4. The Morgan fingerprint density at radius 1 is 1.07 bits per heavy atom. The fourth-order valence-corrected chi connectivity index (χ4v) is 4.21. The molecule has 0 radical (unpaired) electrons. The summed E-state index contributed by atoms with van der Waals surface area (Å²) in [5.41, 5.74) is 10.4. The molecule has 4 rings (SSSR count). The number of hydrogen-bond donors (Lipinski definition) is 1. The molecule has 1 aromatic carbocycles. The van der Waals surface area contributed by atoms with Gasteiger partial charge >= 0.3 is 0 Å². The Labute approximate surface area is 178 Å². The van der Waals surface area contributed by atoms with Crippen LogP contribution in [0.4, 0.5) is 11.8 Å². The average molecular weight is 409 g/mol. The van der Waals surface area contributed by atoms with E-state index >= 15 is 0 Å². The van der Waals surface area contributed by atoms with Crippen LogP contribution in [0.5, 0.6) is 0 Å². The van der Waals surface area contributed by atoms with Crippen LogP contribution in [0, 0.1) is 5.92 Å². The predicted molar refractivity (Wildman–Crippen MR) is 120 cm³/mol. The van der Waals surface area contributed by atoms with Crippen LogP contribution < -0.4 is 10.6 Å². The molecular weight excluding hydrogens is 376 g/mol. The zero-order chi connectivity index (χ0) is 21.3. The predicted octanol–water partition coefficient (Wildman–Crippen LogP) is 2.41. The van der Waals surface area contributed by atoms with Crippen LogP contribution >= 0.6 is 0 Å². The number of benzene rings is 1. The molecule has 0 aliphatic carbocycles. The van der Waals surface area contributed by atoms with Crippen LogP contribution in [0.25, 0.3) is 11.3 Å². The average Bonchev–Trinajstić information content (AvgIpc) is 2.72. The van der Waals surface area contributed by atoms with Gasteiger partial charge in [-0.1, -0.05) is 26.0 Å². The first-order valence-corrected chi connectivity index (χ1v) is 10.9. The summed E-state index contributed by atoms with van der Waals surface area (Å²) in [4.78, 5) is 28.1. The maximum atomic E-state index is 12.5. The molecule has 7 heteroatoms. The largest absolute Gasteiger partial charge is 0.368 e. The Morgan fingerprint density at radius 3 is 2.57 bits per heavy atom. The number of carbonyl (C=O) groups is 1. The monoisotopic (exact) mass is 408 g/mol. The van der Waals surface area contributed by atoms with Gasteiger partial charge in [0.25, 0.3) is 0 Å². The molecular formula is C23H32N6O. The van der Waals surface area contributed by atoms with Gasteiger partial charge in [-0.25, -0.2) is 4.98 Å². The number of nitrogens with zero attached hydrogens (tertiary/aromatic N) is 5. The lowest BCUT2D eigenvalue weighted by Crippen LogP contribution is -2.44. The van der Waals surface area contributed by atoms with E-state index in [1.54, 1.807) is 0 Å². The Hall–Kier alpha value is -2.67. The lowest BCUT2D eigenvalue weighted by atomic mass is 9.95. The highest BCUT2D eigenvalue weighted by Gasteiger charge is 2.22. The number of carbonyl (C=O) groups excluding carboxylic acids is 1. The molecule has 0 saturated carbocycles. The molecule has 0 bridgehead atoms. The van der Waals surface area contributed by atoms with Crippen molar-refractivity contribution in [3.63, 3.8) is 0 Å². The number of nitrogens with two attached hydrogens (primary N) is 1. The van der Waals surface area contributed by atoms with Gasteiger partial charge in [0, 0.05) is 57.3 Å². The van der Waals surface area contributed by atoms with E-state index < -0.39 is 0 Å². The fourth-order valence-electron chi connectivity index (χ4n) is 4.21. The van der Waals surface area contributed by atoms with Gasteiger partial charge in [0.05, 0.1) is 5.69 Å². The van der Waals surface area contributed by atoms with Gasteiger partial charge in [0.1, 0.15) is 5.82 Å². The standard InChI is InChI=1S/C23H32N6O/c1-16(2)12-22(30)29-7-6-17-4-5-18(13-19(17)15-29)20-14-21(26-23(24)25-20)28-10-8-27(3)9-11-28/h4-5,13-14,16H,6-12,15H2,1-3H3,(H2,24,25,26). The second-order valence-corrected chi connectivity index (χ2v) is 8.91. The zero-order valence-corrected chi connectivity index (χ0v) is 18.3. The first kappa shape index (κ1) is 20.6. The van der Waals surface area contributed by atoms with E-state index in [0.717, 1.165) is 56.2 Å². The number of amides is 1. The molecule has 2 aromatic rings. The van der Waals surface area contributed by atoms with Crippen molar-refractivity contribution in [2.75, 3.05) is 50.4 Å². The quantitative estimate of drug-likeness (QED) is 0.837. The van der Waals surface area contributed by atoms with Crippen LogP contribution in [0.2, 0.25) is 0 Å². The second kappa shape index (κ2) is 8.60. The summed E-state index contributed by atoms with van der Waals surface area (Å²) in [6.07, 6.45) is 1.50. The number of hydrogen-bond acceptors (Lipinski definition) is 6. The third-order valence-electron chi connectivity index (χ3n) is 6.01. The van der Waals surface area contributed by atoms with Crippen LogP contribution in [0.15, 0.2) is 24.3 Å². The summed E-state index contributed by atoms with van der Waals surface area (Å²) in [6.45, 7) is 9.53. The van der Waals surface area contributed by atoms with E-state index in [9.17, 15) is 4.79 Å². The SMILES string of the molecule is CC(C)CC(=O)N1CCc2ccc(-c3cc(N4CCN(C)CC4)nc(N)n3)cc2C1. The summed E-state index contributed by atoms with van der Waals surface area (Å²) in [5.74, 6) is 1.80. The highest BCUT2D eigenvalue weighted by atomic mass is 16.2. The Kier molecular flexibility index (Phi) is 5.90.